The minimum atomic E-state index is -0.231. The number of H-pyrrole nitrogens is 1. The third kappa shape index (κ3) is 3.07. The summed E-state index contributed by atoms with van der Waals surface area (Å²) in [6.07, 6.45) is 11.9. The number of rotatable bonds is 3. The molecule has 0 spiro atoms. The molecule has 1 aromatic heterocycles. The van der Waals surface area contributed by atoms with Crippen LogP contribution in [0.25, 0.3) is 0 Å². The van der Waals surface area contributed by atoms with Crippen LogP contribution in [0.4, 0.5) is 0 Å². The Hall–Kier alpha value is -0.740. The summed E-state index contributed by atoms with van der Waals surface area (Å²) in [6.45, 7) is 2.82. The van der Waals surface area contributed by atoms with E-state index in [1.165, 1.54) is 49.8 Å². The maximum absolute atomic E-state index is 6.24. The van der Waals surface area contributed by atoms with Gasteiger partial charge in [0.25, 0.3) is 0 Å². The highest BCUT2D eigenvalue weighted by Crippen LogP contribution is 2.38. The minimum absolute atomic E-state index is 0.231. The minimum Gasteiger partial charge on any atom is -0.367 e. The van der Waals surface area contributed by atoms with Crippen LogP contribution in [0.15, 0.2) is 0 Å². The molecule has 1 N–H and O–H groups in total. The Morgan fingerprint density at radius 2 is 1.81 bits per heavy atom. The van der Waals surface area contributed by atoms with Crippen LogP contribution < -0.4 is 0 Å². The van der Waals surface area contributed by atoms with Gasteiger partial charge in [0, 0.05) is 17.9 Å². The molecule has 0 unspecified atom stereocenters. The highest BCUT2D eigenvalue weighted by atomic mass is 32.1. The first-order chi connectivity index (χ1) is 10.2. The number of aromatic nitrogens is 2. The number of hydrogen-bond donors (Lipinski definition) is 1. The second kappa shape index (κ2) is 6.57. The molecule has 21 heavy (non-hydrogen) atoms. The maximum atomic E-state index is 6.24. The van der Waals surface area contributed by atoms with Gasteiger partial charge < -0.3 is 9.72 Å². The third-order valence-electron chi connectivity index (χ3n) is 4.97. The van der Waals surface area contributed by atoms with Crippen molar-refractivity contribution in [3.05, 3.63) is 21.7 Å². The fourth-order valence-electron chi connectivity index (χ4n) is 3.86. The number of fused-ring (bicyclic) bond motifs is 1. The highest BCUT2D eigenvalue weighted by molar-refractivity contribution is 7.71. The first-order valence-corrected chi connectivity index (χ1v) is 8.92. The van der Waals surface area contributed by atoms with Crippen LogP contribution in [0.2, 0.25) is 0 Å². The average Bonchev–Trinajstić information content (AvgIpc) is 2.74. The van der Waals surface area contributed by atoms with Crippen molar-refractivity contribution >= 4 is 12.2 Å². The molecule has 1 saturated carbocycles. The Morgan fingerprint density at radius 1 is 1.10 bits per heavy atom. The van der Waals surface area contributed by atoms with E-state index < -0.39 is 0 Å². The van der Waals surface area contributed by atoms with Gasteiger partial charge >= 0.3 is 0 Å². The Morgan fingerprint density at radius 3 is 2.52 bits per heavy atom. The van der Waals surface area contributed by atoms with E-state index in [0.29, 0.717) is 0 Å². The van der Waals surface area contributed by atoms with Gasteiger partial charge in [-0.1, -0.05) is 37.9 Å². The molecule has 0 saturated heterocycles. The molecule has 0 aromatic carbocycles. The van der Waals surface area contributed by atoms with Gasteiger partial charge in [-0.2, -0.15) is 0 Å². The van der Waals surface area contributed by atoms with Gasteiger partial charge in [0.1, 0.15) is 16.1 Å². The molecule has 0 atom stereocenters. The molecule has 3 nitrogen and oxygen atoms in total. The summed E-state index contributed by atoms with van der Waals surface area (Å²) in [6, 6.07) is 0. The summed E-state index contributed by atoms with van der Waals surface area (Å²) in [4.78, 5) is 8.40. The number of ether oxygens (including phenoxy) is 1. The van der Waals surface area contributed by atoms with Crippen molar-refractivity contribution in [1.82, 2.24) is 9.97 Å². The van der Waals surface area contributed by atoms with Crippen LogP contribution in [0.1, 0.15) is 75.4 Å². The molecule has 0 amide bonds. The molecule has 2 aliphatic carbocycles. The first-order valence-electron chi connectivity index (χ1n) is 8.52. The zero-order chi connectivity index (χ0) is 14.7. The van der Waals surface area contributed by atoms with Crippen molar-refractivity contribution in [3.63, 3.8) is 0 Å². The van der Waals surface area contributed by atoms with Crippen molar-refractivity contribution < 1.29 is 4.74 Å². The highest BCUT2D eigenvalue weighted by Gasteiger charge is 2.36. The lowest BCUT2D eigenvalue weighted by Gasteiger charge is -2.32. The lowest BCUT2D eigenvalue weighted by atomic mass is 9.91. The lowest BCUT2D eigenvalue weighted by Crippen LogP contribution is -2.32. The number of aryl methyl sites for hydroxylation is 1. The van der Waals surface area contributed by atoms with E-state index in [4.69, 9.17) is 21.9 Å². The molecular formula is C17H26N2OS. The molecule has 0 radical (unpaired) electrons. The van der Waals surface area contributed by atoms with Gasteiger partial charge in [0.2, 0.25) is 0 Å². The van der Waals surface area contributed by atoms with Crippen molar-refractivity contribution in [3.8, 4) is 0 Å². The SMILES string of the molecule is CCOC1(c2nc(=S)c3c([nH]2)CCCC3)CCCCCC1. The molecular weight excluding hydrogens is 280 g/mol. The summed E-state index contributed by atoms with van der Waals surface area (Å²) in [5.74, 6) is 0.997. The van der Waals surface area contributed by atoms with Gasteiger partial charge in [-0.15, -0.1) is 0 Å². The smallest absolute Gasteiger partial charge is 0.140 e. The van der Waals surface area contributed by atoms with E-state index in [9.17, 15) is 0 Å². The molecule has 4 heteroatoms. The molecule has 0 bridgehead atoms. The normalized spacial score (nSPS) is 21.6. The lowest BCUT2D eigenvalue weighted by molar-refractivity contribution is -0.0627. The second-order valence-electron chi connectivity index (χ2n) is 6.40. The molecule has 0 aliphatic heterocycles. The summed E-state index contributed by atoms with van der Waals surface area (Å²) in [5.41, 5.74) is 2.37. The van der Waals surface area contributed by atoms with Crippen molar-refractivity contribution in [2.45, 2.75) is 76.7 Å². The van der Waals surface area contributed by atoms with Crippen LogP contribution >= 0.6 is 12.2 Å². The molecule has 2 aliphatic rings. The van der Waals surface area contributed by atoms with Crippen molar-refractivity contribution in [1.29, 1.82) is 0 Å². The molecule has 3 rings (SSSR count). The molecule has 1 aromatic rings. The maximum Gasteiger partial charge on any atom is 0.140 e. The van der Waals surface area contributed by atoms with Gasteiger partial charge in [0.05, 0.1) is 0 Å². The van der Waals surface area contributed by atoms with E-state index in [0.717, 1.165) is 42.8 Å². The van der Waals surface area contributed by atoms with Gasteiger partial charge in [-0.25, -0.2) is 4.98 Å². The summed E-state index contributed by atoms with van der Waals surface area (Å²) >= 11 is 5.58. The molecule has 1 fully saturated rings. The Balaban J connectivity index is 2.02. The van der Waals surface area contributed by atoms with Crippen LogP contribution in [0.3, 0.4) is 0 Å². The largest absolute Gasteiger partial charge is 0.367 e. The predicted molar refractivity (Wildman–Crippen MR) is 87.1 cm³/mol. The fraction of sp³-hybridized carbons (Fsp3) is 0.765. The quantitative estimate of drug-likeness (QED) is 0.655. The second-order valence-corrected chi connectivity index (χ2v) is 6.78. The Kier molecular flexibility index (Phi) is 4.75. The van der Waals surface area contributed by atoms with Gasteiger partial charge in [-0.05, 0) is 45.4 Å². The number of nitrogens with zero attached hydrogens (tertiary/aromatic N) is 1. The van der Waals surface area contributed by atoms with Gasteiger partial charge in [-0.3, -0.25) is 0 Å². The van der Waals surface area contributed by atoms with Crippen LogP contribution in [-0.2, 0) is 23.2 Å². The topological polar surface area (TPSA) is 37.9 Å². The third-order valence-corrected chi connectivity index (χ3v) is 5.31. The predicted octanol–water partition coefficient (Wildman–Crippen LogP) is 4.60. The van der Waals surface area contributed by atoms with Crippen molar-refractivity contribution in [2.75, 3.05) is 6.61 Å². The number of aromatic amines is 1. The zero-order valence-corrected chi connectivity index (χ0v) is 13.9. The van der Waals surface area contributed by atoms with E-state index in [1.807, 2.05) is 0 Å². The summed E-state index contributed by atoms with van der Waals surface area (Å²) in [5, 5.41) is 0. The fourth-order valence-corrected chi connectivity index (χ4v) is 4.18. The Labute approximate surface area is 132 Å². The number of nitrogens with one attached hydrogen (secondary N) is 1. The van der Waals surface area contributed by atoms with E-state index in [2.05, 4.69) is 11.9 Å². The van der Waals surface area contributed by atoms with Crippen molar-refractivity contribution in [2.24, 2.45) is 0 Å². The van der Waals surface area contributed by atoms with Crippen LogP contribution in [-0.4, -0.2) is 16.6 Å². The van der Waals surface area contributed by atoms with E-state index in [-0.39, 0.29) is 5.60 Å². The van der Waals surface area contributed by atoms with E-state index >= 15 is 0 Å². The van der Waals surface area contributed by atoms with Gasteiger partial charge in [0.15, 0.2) is 0 Å². The summed E-state index contributed by atoms with van der Waals surface area (Å²) in [7, 11) is 0. The van der Waals surface area contributed by atoms with E-state index in [1.54, 1.807) is 0 Å². The summed E-state index contributed by atoms with van der Waals surface area (Å²) < 4.78 is 7.05. The molecule has 1 heterocycles. The van der Waals surface area contributed by atoms with Crippen LogP contribution in [0, 0.1) is 4.64 Å². The zero-order valence-electron chi connectivity index (χ0n) is 13.0. The Bertz CT molecular complexity index is 544. The standard InChI is InChI=1S/C17H26N2OS/c1-2-20-17(11-7-3-4-8-12-17)16-18-14-10-6-5-9-13(14)15(21)19-16/h2-12H2,1H3,(H,18,19,21). The monoisotopic (exact) mass is 306 g/mol. The van der Waals surface area contributed by atoms with Crippen LogP contribution in [0.5, 0.6) is 0 Å². The first kappa shape index (κ1) is 15.2. The number of hydrogen-bond acceptors (Lipinski definition) is 3. The average molecular weight is 306 g/mol. The molecule has 116 valence electrons.